The Morgan fingerprint density at radius 3 is 1.75 bits per heavy atom. The first kappa shape index (κ1) is 21.4. The molecule has 0 fully saturated rings. The molecule has 12 heteroatoms. The topological polar surface area (TPSA) is 95.8 Å². The largest absolute Gasteiger partial charge is 0.425 e. The fraction of sp³-hybridized carbons (Fsp3) is 0. The monoisotopic (exact) mass is 483 g/mol. The number of hydrogen-bond donors (Lipinski definition) is 0. The van der Waals surface area contributed by atoms with Crippen LogP contribution in [0.1, 0.15) is 5.69 Å². The molecule has 4 aromatic rings. The Morgan fingerprint density at radius 1 is 0.857 bits per heavy atom. The second-order valence-electron chi connectivity index (χ2n) is 4.98. The van der Waals surface area contributed by atoms with Crippen LogP contribution >= 0.6 is 9.69 Å². The van der Waals surface area contributed by atoms with Gasteiger partial charge in [0.05, 0.1) is 11.9 Å². The maximum atomic E-state index is 9.61. The molecule has 0 aliphatic heterocycles. The van der Waals surface area contributed by atoms with Crippen molar-refractivity contribution in [3.8, 4) is 0 Å². The Kier molecular flexibility index (Phi) is 9.54. The predicted molar refractivity (Wildman–Crippen MR) is 104 cm³/mol. The van der Waals surface area contributed by atoms with Crippen LogP contribution in [0.5, 0.6) is 0 Å². The van der Waals surface area contributed by atoms with E-state index in [9.17, 15) is 4.91 Å². The minimum absolute atomic E-state index is 0.194. The van der Waals surface area contributed by atoms with Gasteiger partial charge in [0.25, 0.3) is 7.12 Å². The molecule has 0 saturated carbocycles. The Hall–Kier alpha value is -2.90. The molecular formula is C16H15BClN8ORu. The second kappa shape index (κ2) is 12.5. The molecule has 143 valence electrons. The number of hydrogen-bond acceptors (Lipinski definition) is 6. The van der Waals surface area contributed by atoms with Crippen molar-refractivity contribution in [2.24, 2.45) is 5.18 Å². The van der Waals surface area contributed by atoms with Crippen molar-refractivity contribution in [1.29, 1.82) is 0 Å². The summed E-state index contributed by atoms with van der Waals surface area (Å²) in [5, 5.41) is 15.2. The van der Waals surface area contributed by atoms with Crippen LogP contribution < -0.4 is 0 Å². The minimum atomic E-state index is -0.194. The molecular weight excluding hydrogens is 468 g/mol. The van der Waals surface area contributed by atoms with Gasteiger partial charge in [-0.15, -0.1) is 4.91 Å². The van der Waals surface area contributed by atoms with Crippen LogP contribution in [0, 0.1) is 4.91 Å². The first-order chi connectivity index (χ1) is 13.9. The van der Waals surface area contributed by atoms with Gasteiger partial charge in [0.1, 0.15) is 0 Å². The fourth-order valence-corrected chi connectivity index (χ4v) is 2.20. The molecule has 0 amide bonds. The fourth-order valence-electron chi connectivity index (χ4n) is 2.20. The number of pyridine rings is 1. The molecule has 4 aromatic heterocycles. The summed E-state index contributed by atoms with van der Waals surface area (Å²) in [6, 6.07) is 11.1. The summed E-state index contributed by atoms with van der Waals surface area (Å²) in [5.74, 6) is 0. The van der Waals surface area contributed by atoms with Gasteiger partial charge in [-0.2, -0.15) is 0 Å². The molecule has 0 spiro atoms. The summed E-state index contributed by atoms with van der Waals surface area (Å²) in [7, 11) is 4.37. The van der Waals surface area contributed by atoms with Gasteiger partial charge in [0.15, 0.2) is 0 Å². The third kappa shape index (κ3) is 6.36. The molecule has 0 saturated heterocycles. The number of rotatable bonds is 5. The van der Waals surface area contributed by atoms with Crippen LogP contribution in [-0.2, 0) is 17.3 Å². The summed E-state index contributed by atoms with van der Waals surface area (Å²) >= 11 is 1.82. The van der Waals surface area contributed by atoms with Crippen LogP contribution in [0.4, 0.5) is 0 Å². The third-order valence-electron chi connectivity index (χ3n) is 3.28. The van der Waals surface area contributed by atoms with E-state index in [0.717, 1.165) is 5.69 Å². The van der Waals surface area contributed by atoms with Crippen molar-refractivity contribution in [2.75, 3.05) is 0 Å². The van der Waals surface area contributed by atoms with Crippen LogP contribution in [0.3, 0.4) is 0 Å². The Bertz CT molecular complexity index is 836. The molecule has 28 heavy (non-hydrogen) atoms. The van der Waals surface area contributed by atoms with Crippen LogP contribution in [-0.4, -0.2) is 41.2 Å². The van der Waals surface area contributed by atoms with E-state index >= 15 is 0 Å². The van der Waals surface area contributed by atoms with Crippen LogP contribution in [0.15, 0.2) is 91.2 Å². The summed E-state index contributed by atoms with van der Waals surface area (Å²) in [5.41, 5.74) is 0.738. The zero-order valence-corrected chi connectivity index (χ0v) is 16.9. The maximum Gasteiger partial charge on any atom is 0.260 e. The normalized spacial score (nSPS) is 10.1. The van der Waals surface area contributed by atoms with E-state index in [2.05, 4.69) is 35.1 Å². The van der Waals surface area contributed by atoms with Gasteiger partial charge < -0.3 is 13.8 Å². The molecule has 0 atom stereocenters. The van der Waals surface area contributed by atoms with Gasteiger partial charge in [-0.1, -0.05) is 6.07 Å². The van der Waals surface area contributed by atoms with E-state index < -0.39 is 0 Å². The molecule has 0 bridgehead atoms. The average Bonchev–Trinajstić information content (AvgIpc) is 3.54. The Morgan fingerprint density at radius 2 is 1.39 bits per heavy atom. The van der Waals surface area contributed by atoms with Crippen molar-refractivity contribution in [1.82, 2.24) is 34.1 Å². The summed E-state index contributed by atoms with van der Waals surface area (Å²) in [6.07, 6.45) is 15.2. The van der Waals surface area contributed by atoms with E-state index in [1.165, 1.54) is 6.20 Å². The Balaban J connectivity index is 0.000000202. The van der Waals surface area contributed by atoms with Gasteiger partial charge >= 0.3 is 27.0 Å². The molecule has 4 heterocycles. The summed E-state index contributed by atoms with van der Waals surface area (Å²) in [6.45, 7) is 0. The molecule has 9 nitrogen and oxygen atoms in total. The first-order valence-corrected chi connectivity index (χ1v) is 10.1. The molecule has 0 unspecified atom stereocenters. The molecule has 0 aromatic carbocycles. The van der Waals surface area contributed by atoms with Crippen molar-refractivity contribution >= 4 is 22.9 Å². The molecule has 1 radical (unpaired) electrons. The zero-order chi connectivity index (χ0) is 20.0. The Labute approximate surface area is 175 Å². The van der Waals surface area contributed by atoms with Crippen molar-refractivity contribution in [3.63, 3.8) is 0 Å². The van der Waals surface area contributed by atoms with Crippen molar-refractivity contribution in [2.45, 2.75) is 0 Å². The van der Waals surface area contributed by atoms with Crippen LogP contribution in [0.2, 0.25) is 0 Å². The quantitative estimate of drug-likeness (QED) is 0.322. The number of nitrogens with zero attached hydrogens (tertiary/aromatic N) is 8. The standard InChI is InChI=1S/C9H9BN6.C7H6N2O.ClH.Ru/c1-4-11-14(7-1)10(15-8-2-5-12-15)16-9-3-6-13-16;10-9-6-4-7-3-1-2-5-8-7;;/h1-9H;1-6H;1H;/q-1;;;+2/p-1/b;6-4-;;. The van der Waals surface area contributed by atoms with E-state index in [1.54, 1.807) is 50.7 Å². The first-order valence-electron chi connectivity index (χ1n) is 7.89. The zero-order valence-electron chi connectivity index (χ0n) is 14.5. The maximum absolute atomic E-state index is 9.61. The van der Waals surface area contributed by atoms with Gasteiger partial charge in [0, 0.05) is 24.8 Å². The average molecular weight is 483 g/mol. The van der Waals surface area contributed by atoms with Gasteiger partial charge in [-0.25, -0.2) is 15.3 Å². The minimum Gasteiger partial charge on any atom is -0.425 e. The third-order valence-corrected chi connectivity index (χ3v) is 3.28. The van der Waals surface area contributed by atoms with E-state index in [0.29, 0.717) is 0 Å². The molecule has 0 aliphatic carbocycles. The van der Waals surface area contributed by atoms with E-state index in [1.807, 2.05) is 66.2 Å². The van der Waals surface area contributed by atoms with Crippen molar-refractivity contribution in [3.05, 3.63) is 96.6 Å². The predicted octanol–water partition coefficient (Wildman–Crippen LogP) is 2.71. The van der Waals surface area contributed by atoms with Crippen molar-refractivity contribution < 1.29 is 17.3 Å². The summed E-state index contributed by atoms with van der Waals surface area (Å²) in [4.78, 5) is 13.5. The summed E-state index contributed by atoms with van der Waals surface area (Å²) < 4.78 is 5.38. The van der Waals surface area contributed by atoms with Gasteiger partial charge in [0.2, 0.25) is 0 Å². The number of aromatic nitrogens is 7. The van der Waals surface area contributed by atoms with E-state index in [-0.39, 0.29) is 7.12 Å². The van der Waals surface area contributed by atoms with E-state index in [4.69, 9.17) is 0 Å². The molecule has 0 aliphatic rings. The SMILES string of the molecule is O=N/C=C\c1ccccn1.[Cl][Ru+].c1cnn([B-](n2cccn2)n2cccn2)c1. The number of halogens is 1. The van der Waals surface area contributed by atoms with Crippen LogP contribution in [0.25, 0.3) is 6.08 Å². The van der Waals surface area contributed by atoms with Gasteiger partial charge in [-0.3, -0.25) is 4.98 Å². The van der Waals surface area contributed by atoms with Gasteiger partial charge in [-0.05, 0) is 60.2 Å². The smallest absolute Gasteiger partial charge is 0.260 e. The second-order valence-corrected chi connectivity index (χ2v) is 4.98. The molecule has 4 rings (SSSR count). The number of nitroso groups, excluding NO2 is 1. The molecule has 0 N–H and O–H groups in total.